The average Bonchev–Trinajstić information content (AvgIpc) is 3.11. The van der Waals surface area contributed by atoms with Crippen molar-refractivity contribution < 1.29 is 0 Å². The second-order valence-electron chi connectivity index (χ2n) is 6.72. The van der Waals surface area contributed by atoms with Crippen molar-refractivity contribution in [3.05, 3.63) is 47.5 Å². The van der Waals surface area contributed by atoms with Crippen molar-refractivity contribution in [3.8, 4) is 0 Å². The van der Waals surface area contributed by atoms with Crippen molar-refractivity contribution in [2.75, 3.05) is 20.1 Å². The highest BCUT2D eigenvalue weighted by Crippen LogP contribution is 2.15. The molecule has 0 saturated heterocycles. The van der Waals surface area contributed by atoms with E-state index in [-0.39, 0.29) is 0 Å². The molecule has 0 fully saturated rings. The van der Waals surface area contributed by atoms with Gasteiger partial charge in [0.05, 0.1) is 0 Å². The molecule has 0 amide bonds. The van der Waals surface area contributed by atoms with Crippen LogP contribution in [0.1, 0.15) is 50.1 Å². The van der Waals surface area contributed by atoms with E-state index in [1.807, 2.05) is 0 Å². The Hall–Kier alpha value is -2.37. The van der Waals surface area contributed by atoms with Crippen LogP contribution in [-0.4, -0.2) is 40.9 Å². The molecule has 1 heterocycles. The second kappa shape index (κ2) is 10.6. The van der Waals surface area contributed by atoms with Gasteiger partial charge in [-0.15, -0.1) is 10.2 Å². The molecule has 2 rings (SSSR count). The van der Waals surface area contributed by atoms with E-state index in [9.17, 15) is 0 Å². The molecule has 0 radical (unpaired) electrons. The van der Waals surface area contributed by atoms with Gasteiger partial charge >= 0.3 is 0 Å². The van der Waals surface area contributed by atoms with Gasteiger partial charge < -0.3 is 15.2 Å². The number of nitrogens with one attached hydrogen (secondary N) is 2. The number of aromatic nitrogens is 3. The Labute approximate surface area is 157 Å². The number of aliphatic imine (C=N–C) groups is 1. The van der Waals surface area contributed by atoms with E-state index in [0.29, 0.717) is 5.92 Å². The first kappa shape index (κ1) is 19.9. The van der Waals surface area contributed by atoms with Crippen LogP contribution < -0.4 is 10.6 Å². The topological polar surface area (TPSA) is 67.1 Å². The van der Waals surface area contributed by atoms with Gasteiger partial charge in [-0.3, -0.25) is 4.99 Å². The molecular formula is C20H32N6. The highest BCUT2D eigenvalue weighted by molar-refractivity contribution is 5.79. The van der Waals surface area contributed by atoms with Crippen LogP contribution in [0.2, 0.25) is 0 Å². The fourth-order valence-electron chi connectivity index (χ4n) is 2.82. The minimum Gasteiger partial charge on any atom is -0.356 e. The highest BCUT2D eigenvalue weighted by Gasteiger charge is 2.03. The van der Waals surface area contributed by atoms with E-state index in [4.69, 9.17) is 0 Å². The number of hydrogen-bond acceptors (Lipinski definition) is 3. The number of hydrogen-bond donors (Lipinski definition) is 2. The van der Waals surface area contributed by atoms with E-state index in [0.717, 1.165) is 50.7 Å². The Morgan fingerprint density at radius 1 is 1.15 bits per heavy atom. The number of aryl methyl sites for hydroxylation is 2. The number of guanidine groups is 1. The largest absolute Gasteiger partial charge is 0.356 e. The molecule has 1 aromatic carbocycles. The van der Waals surface area contributed by atoms with E-state index >= 15 is 0 Å². The third kappa shape index (κ3) is 6.17. The third-order valence-corrected chi connectivity index (χ3v) is 4.46. The van der Waals surface area contributed by atoms with Crippen molar-refractivity contribution in [3.63, 3.8) is 0 Å². The van der Waals surface area contributed by atoms with E-state index in [1.165, 1.54) is 11.1 Å². The molecular weight excluding hydrogens is 324 g/mol. The monoisotopic (exact) mass is 356 g/mol. The molecule has 0 spiro atoms. The van der Waals surface area contributed by atoms with Crippen LogP contribution in [0.3, 0.4) is 0 Å². The molecule has 0 aliphatic heterocycles. The highest BCUT2D eigenvalue weighted by atomic mass is 15.3. The van der Waals surface area contributed by atoms with E-state index in [2.05, 4.69) is 75.4 Å². The molecule has 0 atom stereocenters. The summed E-state index contributed by atoms with van der Waals surface area (Å²) in [5, 5.41) is 14.8. The summed E-state index contributed by atoms with van der Waals surface area (Å²) in [6.45, 7) is 9.07. The Bertz CT molecular complexity index is 672. The Morgan fingerprint density at radius 3 is 2.54 bits per heavy atom. The molecule has 0 bridgehead atoms. The van der Waals surface area contributed by atoms with Crippen LogP contribution in [0.4, 0.5) is 0 Å². The molecule has 26 heavy (non-hydrogen) atoms. The molecule has 142 valence electrons. The minimum atomic E-state index is 0.589. The molecule has 1 aromatic heterocycles. The van der Waals surface area contributed by atoms with Crippen LogP contribution in [0.5, 0.6) is 0 Å². The SMILES string of the molecule is CCc1nncn1CCNC(=NC)NCCCc1ccc(C(C)C)cc1. The standard InChI is InChI=1S/C20H32N6/c1-5-19-25-24-15-26(19)14-13-23-20(21-4)22-12-6-7-17-8-10-18(11-9-17)16(2)3/h8-11,15-16H,5-7,12-14H2,1-4H3,(H2,21,22,23). The smallest absolute Gasteiger partial charge is 0.191 e. The van der Waals surface area contributed by atoms with Crippen molar-refractivity contribution in [1.29, 1.82) is 0 Å². The summed E-state index contributed by atoms with van der Waals surface area (Å²) in [6, 6.07) is 8.96. The molecule has 0 saturated carbocycles. The maximum atomic E-state index is 4.28. The van der Waals surface area contributed by atoms with Gasteiger partial charge in [-0.05, 0) is 29.9 Å². The fourth-order valence-corrected chi connectivity index (χ4v) is 2.82. The Morgan fingerprint density at radius 2 is 1.88 bits per heavy atom. The summed E-state index contributed by atoms with van der Waals surface area (Å²) >= 11 is 0. The van der Waals surface area contributed by atoms with Gasteiger partial charge in [-0.25, -0.2) is 0 Å². The summed E-state index contributed by atoms with van der Waals surface area (Å²) in [5.74, 6) is 2.44. The minimum absolute atomic E-state index is 0.589. The predicted octanol–water partition coefficient (Wildman–Crippen LogP) is 2.76. The normalized spacial score (nSPS) is 11.8. The van der Waals surface area contributed by atoms with Gasteiger partial charge in [0.15, 0.2) is 5.96 Å². The molecule has 6 heteroatoms. The van der Waals surface area contributed by atoms with Crippen LogP contribution >= 0.6 is 0 Å². The first-order valence-corrected chi connectivity index (χ1v) is 9.54. The van der Waals surface area contributed by atoms with Crippen molar-refractivity contribution in [2.24, 2.45) is 4.99 Å². The number of benzene rings is 1. The summed E-state index contributed by atoms with van der Waals surface area (Å²) in [4.78, 5) is 4.28. The summed E-state index contributed by atoms with van der Waals surface area (Å²) < 4.78 is 2.07. The first-order valence-electron chi connectivity index (χ1n) is 9.54. The summed E-state index contributed by atoms with van der Waals surface area (Å²) in [5.41, 5.74) is 2.79. The zero-order chi connectivity index (χ0) is 18.8. The fraction of sp³-hybridized carbons (Fsp3) is 0.550. The lowest BCUT2D eigenvalue weighted by atomic mass is 10.0. The molecule has 6 nitrogen and oxygen atoms in total. The quantitative estimate of drug-likeness (QED) is 0.412. The number of rotatable bonds is 9. The Balaban J connectivity index is 1.65. The third-order valence-electron chi connectivity index (χ3n) is 4.46. The zero-order valence-electron chi connectivity index (χ0n) is 16.5. The molecule has 2 aromatic rings. The predicted molar refractivity (Wildman–Crippen MR) is 108 cm³/mol. The molecule has 2 N–H and O–H groups in total. The summed E-state index contributed by atoms with van der Waals surface area (Å²) in [7, 11) is 1.80. The molecule has 0 aliphatic rings. The molecule has 0 unspecified atom stereocenters. The van der Waals surface area contributed by atoms with Gasteiger partial charge in [-0.2, -0.15) is 0 Å². The van der Waals surface area contributed by atoms with Crippen LogP contribution in [0, 0.1) is 0 Å². The van der Waals surface area contributed by atoms with Gasteiger partial charge in [0.1, 0.15) is 12.2 Å². The average molecular weight is 357 g/mol. The van der Waals surface area contributed by atoms with E-state index < -0.39 is 0 Å². The van der Waals surface area contributed by atoms with Crippen LogP contribution in [0.15, 0.2) is 35.6 Å². The van der Waals surface area contributed by atoms with Gasteiger partial charge in [-0.1, -0.05) is 45.0 Å². The van der Waals surface area contributed by atoms with Gasteiger partial charge in [0.25, 0.3) is 0 Å². The lowest BCUT2D eigenvalue weighted by molar-refractivity contribution is 0.630. The van der Waals surface area contributed by atoms with Crippen LogP contribution in [-0.2, 0) is 19.4 Å². The first-order chi connectivity index (χ1) is 12.6. The Kier molecular flexibility index (Phi) is 8.12. The van der Waals surface area contributed by atoms with Crippen molar-refractivity contribution in [1.82, 2.24) is 25.4 Å². The summed E-state index contributed by atoms with van der Waals surface area (Å²) in [6.07, 6.45) is 4.82. The molecule has 0 aliphatic carbocycles. The van der Waals surface area contributed by atoms with Gasteiger partial charge in [0.2, 0.25) is 0 Å². The maximum Gasteiger partial charge on any atom is 0.191 e. The lowest BCUT2D eigenvalue weighted by Gasteiger charge is -2.13. The van der Waals surface area contributed by atoms with E-state index in [1.54, 1.807) is 13.4 Å². The zero-order valence-corrected chi connectivity index (χ0v) is 16.5. The lowest BCUT2D eigenvalue weighted by Crippen LogP contribution is -2.39. The van der Waals surface area contributed by atoms with Crippen molar-refractivity contribution >= 4 is 5.96 Å². The van der Waals surface area contributed by atoms with Gasteiger partial charge in [0, 0.05) is 33.1 Å². The van der Waals surface area contributed by atoms with Crippen molar-refractivity contribution in [2.45, 2.75) is 52.5 Å². The second-order valence-corrected chi connectivity index (χ2v) is 6.72. The van der Waals surface area contributed by atoms with Crippen LogP contribution in [0.25, 0.3) is 0 Å². The number of nitrogens with zero attached hydrogens (tertiary/aromatic N) is 4. The maximum absolute atomic E-state index is 4.28.